The molecular weight excluding hydrogens is 200 g/mol. The van der Waals surface area contributed by atoms with Gasteiger partial charge in [0.05, 0.1) is 7.11 Å². The van der Waals surface area contributed by atoms with Crippen LogP contribution in [-0.4, -0.2) is 32.3 Å². The van der Waals surface area contributed by atoms with Gasteiger partial charge in [0.15, 0.2) is 0 Å². The average Bonchev–Trinajstić information content (AvgIpc) is 2.32. The van der Waals surface area contributed by atoms with Gasteiger partial charge in [-0.15, -0.1) is 0 Å². The lowest BCUT2D eigenvalue weighted by atomic mass is 10.1. The van der Waals surface area contributed by atoms with E-state index in [0.29, 0.717) is 12.1 Å². The second kappa shape index (κ2) is 4.74. The lowest BCUT2D eigenvalue weighted by Gasteiger charge is -2.39. The first-order valence-corrected chi connectivity index (χ1v) is 5.85. The summed E-state index contributed by atoms with van der Waals surface area (Å²) in [4.78, 5) is 2.43. The van der Waals surface area contributed by atoms with Crippen LogP contribution in [0.5, 0.6) is 5.75 Å². The molecule has 0 aromatic heterocycles. The van der Waals surface area contributed by atoms with E-state index in [1.807, 2.05) is 12.1 Å². The van der Waals surface area contributed by atoms with Gasteiger partial charge in [0, 0.05) is 36.9 Å². The molecule has 0 bridgehead atoms. The summed E-state index contributed by atoms with van der Waals surface area (Å²) in [6.07, 6.45) is 0. The number of piperazine rings is 1. The van der Waals surface area contributed by atoms with Gasteiger partial charge in [-0.25, -0.2) is 0 Å². The number of benzene rings is 1. The van der Waals surface area contributed by atoms with Crippen molar-refractivity contribution in [2.75, 3.05) is 25.1 Å². The largest absolute Gasteiger partial charge is 0.497 e. The van der Waals surface area contributed by atoms with Gasteiger partial charge in [0.25, 0.3) is 0 Å². The summed E-state index contributed by atoms with van der Waals surface area (Å²) < 4.78 is 5.27. The van der Waals surface area contributed by atoms with E-state index in [1.54, 1.807) is 7.11 Å². The molecule has 1 heterocycles. The van der Waals surface area contributed by atoms with Crippen molar-refractivity contribution >= 4 is 5.69 Å². The number of anilines is 1. The number of ether oxygens (including phenoxy) is 1. The molecule has 1 aromatic rings. The second-order valence-electron chi connectivity index (χ2n) is 4.51. The number of nitrogens with zero attached hydrogens (tertiary/aromatic N) is 1. The van der Waals surface area contributed by atoms with E-state index >= 15 is 0 Å². The first kappa shape index (κ1) is 11.3. The zero-order valence-corrected chi connectivity index (χ0v) is 10.2. The van der Waals surface area contributed by atoms with Crippen LogP contribution < -0.4 is 15.0 Å². The van der Waals surface area contributed by atoms with E-state index in [0.717, 1.165) is 18.8 Å². The van der Waals surface area contributed by atoms with Gasteiger partial charge in [-0.05, 0) is 26.0 Å². The molecule has 1 N–H and O–H groups in total. The third-order valence-electron chi connectivity index (χ3n) is 3.15. The summed E-state index contributed by atoms with van der Waals surface area (Å²) in [5, 5.41) is 3.49. The summed E-state index contributed by atoms with van der Waals surface area (Å²) in [7, 11) is 1.71. The van der Waals surface area contributed by atoms with Gasteiger partial charge in [-0.3, -0.25) is 0 Å². The van der Waals surface area contributed by atoms with Crippen LogP contribution in [-0.2, 0) is 0 Å². The fourth-order valence-electron chi connectivity index (χ4n) is 2.17. The van der Waals surface area contributed by atoms with E-state index in [2.05, 4.69) is 36.2 Å². The second-order valence-corrected chi connectivity index (χ2v) is 4.51. The standard InChI is InChI=1S/C13H20N2O/c1-10-9-15(11(2)8-14-10)12-5-4-6-13(7-12)16-3/h4-7,10-11,14H,8-9H2,1-3H3/t10-,11+/m0/s1. The van der Waals surface area contributed by atoms with Crippen molar-refractivity contribution in [3.8, 4) is 5.75 Å². The Morgan fingerprint density at radius 1 is 1.38 bits per heavy atom. The van der Waals surface area contributed by atoms with Gasteiger partial charge in [0.1, 0.15) is 5.75 Å². The lowest BCUT2D eigenvalue weighted by Crippen LogP contribution is -2.54. The molecule has 16 heavy (non-hydrogen) atoms. The van der Waals surface area contributed by atoms with Gasteiger partial charge in [-0.2, -0.15) is 0 Å². The molecule has 1 aromatic carbocycles. The van der Waals surface area contributed by atoms with Crippen LogP contribution in [0.2, 0.25) is 0 Å². The van der Waals surface area contributed by atoms with Gasteiger partial charge >= 0.3 is 0 Å². The van der Waals surface area contributed by atoms with E-state index < -0.39 is 0 Å². The molecule has 88 valence electrons. The Hall–Kier alpha value is -1.22. The average molecular weight is 220 g/mol. The molecule has 0 amide bonds. The third kappa shape index (κ3) is 2.30. The van der Waals surface area contributed by atoms with E-state index in [1.165, 1.54) is 5.69 Å². The quantitative estimate of drug-likeness (QED) is 0.823. The predicted molar refractivity (Wildman–Crippen MR) is 67.3 cm³/mol. The van der Waals surface area contributed by atoms with Crippen LogP contribution >= 0.6 is 0 Å². The third-order valence-corrected chi connectivity index (χ3v) is 3.15. The van der Waals surface area contributed by atoms with Crippen molar-refractivity contribution in [2.24, 2.45) is 0 Å². The SMILES string of the molecule is COc1cccc(N2C[C@H](C)NC[C@H]2C)c1. The maximum Gasteiger partial charge on any atom is 0.120 e. The smallest absolute Gasteiger partial charge is 0.120 e. The normalized spacial score (nSPS) is 25.6. The lowest BCUT2D eigenvalue weighted by molar-refractivity contribution is 0.410. The van der Waals surface area contributed by atoms with Crippen LogP contribution in [0.3, 0.4) is 0 Å². The Morgan fingerprint density at radius 2 is 2.19 bits per heavy atom. The highest BCUT2D eigenvalue weighted by molar-refractivity contribution is 5.52. The summed E-state index contributed by atoms with van der Waals surface area (Å²) in [5.41, 5.74) is 1.25. The Labute approximate surface area is 97.4 Å². The molecule has 0 saturated carbocycles. The van der Waals surface area contributed by atoms with Crippen molar-refractivity contribution in [1.82, 2.24) is 5.32 Å². The number of rotatable bonds is 2. The minimum Gasteiger partial charge on any atom is -0.497 e. The van der Waals surface area contributed by atoms with Gasteiger partial charge in [0.2, 0.25) is 0 Å². The fourth-order valence-corrected chi connectivity index (χ4v) is 2.17. The molecule has 2 atom stereocenters. The minimum atomic E-state index is 0.531. The van der Waals surface area contributed by atoms with Crippen molar-refractivity contribution in [3.63, 3.8) is 0 Å². The monoisotopic (exact) mass is 220 g/mol. The molecule has 0 unspecified atom stereocenters. The van der Waals surface area contributed by atoms with Gasteiger partial charge < -0.3 is 15.0 Å². The van der Waals surface area contributed by atoms with Crippen molar-refractivity contribution in [3.05, 3.63) is 24.3 Å². The van der Waals surface area contributed by atoms with E-state index in [4.69, 9.17) is 4.74 Å². The van der Waals surface area contributed by atoms with Crippen molar-refractivity contribution in [2.45, 2.75) is 25.9 Å². The van der Waals surface area contributed by atoms with Crippen LogP contribution in [0.25, 0.3) is 0 Å². The predicted octanol–water partition coefficient (Wildman–Crippen LogP) is 1.88. The summed E-state index contributed by atoms with van der Waals surface area (Å²) in [6.45, 7) is 6.56. The summed E-state index contributed by atoms with van der Waals surface area (Å²) in [5.74, 6) is 0.927. The highest BCUT2D eigenvalue weighted by atomic mass is 16.5. The zero-order chi connectivity index (χ0) is 11.5. The molecule has 0 aliphatic carbocycles. The first-order valence-electron chi connectivity index (χ1n) is 5.85. The Morgan fingerprint density at radius 3 is 2.94 bits per heavy atom. The summed E-state index contributed by atoms with van der Waals surface area (Å²) >= 11 is 0. The maximum atomic E-state index is 5.27. The Bertz CT molecular complexity index is 354. The highest BCUT2D eigenvalue weighted by Crippen LogP contribution is 2.24. The molecule has 1 saturated heterocycles. The molecule has 0 spiro atoms. The number of methoxy groups -OCH3 is 1. The fraction of sp³-hybridized carbons (Fsp3) is 0.538. The first-order chi connectivity index (χ1) is 7.70. The molecule has 0 radical (unpaired) electrons. The molecule has 3 heteroatoms. The van der Waals surface area contributed by atoms with Crippen molar-refractivity contribution in [1.29, 1.82) is 0 Å². The molecule has 1 fully saturated rings. The van der Waals surface area contributed by atoms with Crippen LogP contribution in [0, 0.1) is 0 Å². The number of nitrogens with one attached hydrogen (secondary N) is 1. The van der Waals surface area contributed by atoms with Crippen LogP contribution in [0.1, 0.15) is 13.8 Å². The topological polar surface area (TPSA) is 24.5 Å². The molecule has 2 rings (SSSR count). The van der Waals surface area contributed by atoms with Crippen LogP contribution in [0.4, 0.5) is 5.69 Å². The molecule has 3 nitrogen and oxygen atoms in total. The van der Waals surface area contributed by atoms with Gasteiger partial charge in [-0.1, -0.05) is 6.07 Å². The van der Waals surface area contributed by atoms with Crippen molar-refractivity contribution < 1.29 is 4.74 Å². The van der Waals surface area contributed by atoms with Crippen LogP contribution in [0.15, 0.2) is 24.3 Å². The van der Waals surface area contributed by atoms with E-state index in [-0.39, 0.29) is 0 Å². The Kier molecular flexibility index (Phi) is 3.34. The molecule has 1 aliphatic heterocycles. The molecular formula is C13H20N2O. The number of hydrogen-bond donors (Lipinski definition) is 1. The highest BCUT2D eigenvalue weighted by Gasteiger charge is 2.22. The number of hydrogen-bond acceptors (Lipinski definition) is 3. The minimum absolute atomic E-state index is 0.531. The summed E-state index contributed by atoms with van der Waals surface area (Å²) in [6, 6.07) is 9.37. The van der Waals surface area contributed by atoms with E-state index in [9.17, 15) is 0 Å². The Balaban J connectivity index is 2.20. The molecule has 1 aliphatic rings. The maximum absolute atomic E-state index is 5.27. The zero-order valence-electron chi connectivity index (χ0n) is 10.2.